The van der Waals surface area contributed by atoms with Gasteiger partial charge in [0, 0.05) is 10.4 Å². The van der Waals surface area contributed by atoms with Crippen molar-refractivity contribution in [3.8, 4) is 0 Å². The van der Waals surface area contributed by atoms with Gasteiger partial charge in [-0.1, -0.05) is 29.8 Å². The molecule has 0 aliphatic rings. The van der Waals surface area contributed by atoms with Crippen LogP contribution < -0.4 is 11.3 Å². The highest BCUT2D eigenvalue weighted by Gasteiger charge is 2.19. The van der Waals surface area contributed by atoms with Gasteiger partial charge in [0.2, 0.25) is 0 Å². The smallest absolute Gasteiger partial charge is 0.134 e. The topological polar surface area (TPSA) is 51.2 Å². The second-order valence-corrected chi connectivity index (χ2v) is 5.66. The molecule has 0 radical (unpaired) electrons. The lowest BCUT2D eigenvalue weighted by Crippen LogP contribution is -2.29. The number of nitrogens with one attached hydrogen (secondary N) is 1. The number of furan rings is 1. The Labute approximate surface area is 128 Å². The molecule has 3 nitrogen and oxygen atoms in total. The van der Waals surface area contributed by atoms with Gasteiger partial charge in [-0.05, 0) is 54.8 Å². The van der Waals surface area contributed by atoms with Gasteiger partial charge in [0.15, 0.2) is 0 Å². The van der Waals surface area contributed by atoms with Gasteiger partial charge in [-0.25, -0.2) is 5.43 Å². The fourth-order valence-electron chi connectivity index (χ4n) is 2.59. The van der Waals surface area contributed by atoms with E-state index >= 15 is 0 Å². The average molecular weight is 301 g/mol. The van der Waals surface area contributed by atoms with Crippen LogP contribution >= 0.6 is 11.6 Å². The third-order valence-electron chi connectivity index (χ3n) is 3.91. The summed E-state index contributed by atoms with van der Waals surface area (Å²) in [5.74, 6) is 6.55. The Morgan fingerprint density at radius 3 is 2.71 bits per heavy atom. The van der Waals surface area contributed by atoms with E-state index in [2.05, 4.69) is 31.4 Å². The Morgan fingerprint density at radius 2 is 1.95 bits per heavy atom. The zero-order chi connectivity index (χ0) is 15.0. The van der Waals surface area contributed by atoms with Gasteiger partial charge in [-0.15, -0.1) is 0 Å². The van der Waals surface area contributed by atoms with E-state index < -0.39 is 0 Å². The molecule has 3 aromatic rings. The van der Waals surface area contributed by atoms with Crippen molar-refractivity contribution in [2.24, 2.45) is 5.84 Å². The number of halogens is 1. The van der Waals surface area contributed by atoms with Crippen LogP contribution in [0.4, 0.5) is 0 Å². The minimum Gasteiger partial charge on any atom is -0.459 e. The maximum atomic E-state index is 6.02. The number of benzene rings is 2. The van der Waals surface area contributed by atoms with Crippen molar-refractivity contribution < 1.29 is 4.42 Å². The summed E-state index contributed by atoms with van der Waals surface area (Å²) in [7, 11) is 0. The lowest BCUT2D eigenvalue weighted by molar-refractivity contribution is 0.476. The molecule has 0 aliphatic carbocycles. The van der Waals surface area contributed by atoms with Crippen LogP contribution in [0.15, 0.2) is 46.9 Å². The molecule has 0 amide bonds. The average Bonchev–Trinajstić information content (AvgIpc) is 2.87. The number of hydrogen-bond donors (Lipinski definition) is 2. The van der Waals surface area contributed by atoms with Crippen LogP contribution in [-0.4, -0.2) is 0 Å². The van der Waals surface area contributed by atoms with Crippen LogP contribution in [0, 0.1) is 13.8 Å². The van der Waals surface area contributed by atoms with Crippen LogP contribution in [0.5, 0.6) is 0 Å². The van der Waals surface area contributed by atoms with E-state index in [1.54, 1.807) is 0 Å². The van der Waals surface area contributed by atoms with Crippen molar-refractivity contribution in [3.63, 3.8) is 0 Å². The molecule has 3 N–H and O–H groups in total. The van der Waals surface area contributed by atoms with Crippen molar-refractivity contribution in [2.75, 3.05) is 0 Å². The van der Waals surface area contributed by atoms with Crippen molar-refractivity contribution in [3.05, 3.63) is 69.9 Å². The maximum absolute atomic E-state index is 6.02. The zero-order valence-corrected chi connectivity index (χ0v) is 12.7. The highest BCUT2D eigenvalue weighted by atomic mass is 35.5. The first-order valence-corrected chi connectivity index (χ1v) is 7.19. The molecule has 1 heterocycles. The van der Waals surface area contributed by atoms with E-state index in [0.717, 1.165) is 22.3 Å². The Morgan fingerprint density at radius 1 is 1.14 bits per heavy atom. The zero-order valence-electron chi connectivity index (χ0n) is 12.0. The summed E-state index contributed by atoms with van der Waals surface area (Å²) in [6, 6.07) is 13.6. The first-order chi connectivity index (χ1) is 10.1. The summed E-state index contributed by atoms with van der Waals surface area (Å²) in [4.78, 5) is 0. The first-order valence-electron chi connectivity index (χ1n) is 6.81. The molecule has 0 saturated carbocycles. The van der Waals surface area contributed by atoms with Crippen molar-refractivity contribution in [1.29, 1.82) is 0 Å². The van der Waals surface area contributed by atoms with E-state index in [0.29, 0.717) is 5.02 Å². The molecule has 108 valence electrons. The molecule has 1 aromatic heterocycles. The van der Waals surface area contributed by atoms with Crippen molar-refractivity contribution in [1.82, 2.24) is 5.43 Å². The van der Waals surface area contributed by atoms with Crippen LogP contribution in [0.3, 0.4) is 0 Å². The molecule has 0 spiro atoms. The monoisotopic (exact) mass is 300 g/mol. The number of aryl methyl sites for hydroxylation is 1. The Bertz CT molecular complexity index is 795. The quantitative estimate of drug-likeness (QED) is 0.561. The summed E-state index contributed by atoms with van der Waals surface area (Å²) in [5, 5.41) is 1.67. The summed E-state index contributed by atoms with van der Waals surface area (Å²) in [6.07, 6.45) is 0. The number of hydrazine groups is 1. The first kappa shape index (κ1) is 14.1. The third-order valence-corrected chi connectivity index (χ3v) is 4.14. The number of nitrogens with two attached hydrogens (primary N) is 1. The molecular weight excluding hydrogens is 284 g/mol. The summed E-state index contributed by atoms with van der Waals surface area (Å²) in [5.41, 5.74) is 7.21. The van der Waals surface area contributed by atoms with Gasteiger partial charge in [0.05, 0.1) is 0 Å². The van der Waals surface area contributed by atoms with E-state index in [4.69, 9.17) is 21.9 Å². The SMILES string of the molecule is Cc1cccc(C(NN)c2cc3cc(Cl)ccc3o2)c1C. The second kappa shape index (κ2) is 5.53. The molecular formula is C17H17ClN2O. The standard InChI is InChI=1S/C17H17ClN2O/c1-10-4-3-5-14(11(10)2)17(20-19)16-9-12-8-13(18)6-7-15(12)21-16/h3-9,17,20H,19H2,1-2H3. The molecule has 21 heavy (non-hydrogen) atoms. The number of fused-ring (bicyclic) bond motifs is 1. The molecule has 3 rings (SSSR count). The van der Waals surface area contributed by atoms with Gasteiger partial charge in [0.25, 0.3) is 0 Å². The molecule has 1 unspecified atom stereocenters. The Balaban J connectivity index is 2.11. The lowest BCUT2D eigenvalue weighted by Gasteiger charge is -2.17. The second-order valence-electron chi connectivity index (χ2n) is 5.22. The Kier molecular flexibility index (Phi) is 3.72. The van der Waals surface area contributed by atoms with Gasteiger partial charge >= 0.3 is 0 Å². The van der Waals surface area contributed by atoms with E-state index in [9.17, 15) is 0 Å². The Hall–Kier alpha value is -1.81. The van der Waals surface area contributed by atoms with Gasteiger partial charge in [-0.2, -0.15) is 0 Å². The number of rotatable bonds is 3. The van der Waals surface area contributed by atoms with Crippen molar-refractivity contribution >= 4 is 22.6 Å². The van der Waals surface area contributed by atoms with Gasteiger partial charge in [-0.3, -0.25) is 5.84 Å². The predicted octanol–water partition coefficient (Wildman–Crippen LogP) is 4.26. The van der Waals surface area contributed by atoms with Gasteiger partial charge in [0.1, 0.15) is 17.4 Å². The van der Waals surface area contributed by atoms with E-state index in [1.165, 1.54) is 11.1 Å². The van der Waals surface area contributed by atoms with Gasteiger partial charge < -0.3 is 4.42 Å². The van der Waals surface area contributed by atoms with Crippen LogP contribution in [0.2, 0.25) is 5.02 Å². The summed E-state index contributed by atoms with van der Waals surface area (Å²) < 4.78 is 5.92. The third kappa shape index (κ3) is 2.56. The molecule has 0 bridgehead atoms. The molecule has 0 aliphatic heterocycles. The van der Waals surface area contributed by atoms with Crippen LogP contribution in [0.1, 0.15) is 28.5 Å². The predicted molar refractivity (Wildman–Crippen MR) is 86.3 cm³/mol. The highest BCUT2D eigenvalue weighted by Crippen LogP contribution is 2.31. The fourth-order valence-corrected chi connectivity index (χ4v) is 2.77. The summed E-state index contributed by atoms with van der Waals surface area (Å²) in [6.45, 7) is 4.18. The van der Waals surface area contributed by atoms with E-state index in [1.807, 2.05) is 30.3 Å². The molecule has 0 fully saturated rings. The maximum Gasteiger partial charge on any atom is 0.134 e. The lowest BCUT2D eigenvalue weighted by atomic mass is 9.96. The van der Waals surface area contributed by atoms with Crippen LogP contribution in [-0.2, 0) is 0 Å². The minimum absolute atomic E-state index is 0.184. The molecule has 1 atom stereocenters. The minimum atomic E-state index is -0.184. The number of hydrogen-bond acceptors (Lipinski definition) is 3. The highest BCUT2D eigenvalue weighted by molar-refractivity contribution is 6.31. The van der Waals surface area contributed by atoms with Crippen molar-refractivity contribution in [2.45, 2.75) is 19.9 Å². The largest absolute Gasteiger partial charge is 0.459 e. The summed E-state index contributed by atoms with van der Waals surface area (Å²) >= 11 is 6.02. The fraction of sp³-hybridized carbons (Fsp3) is 0.176. The van der Waals surface area contributed by atoms with Crippen LogP contribution in [0.25, 0.3) is 11.0 Å². The molecule has 0 saturated heterocycles. The molecule has 2 aromatic carbocycles. The normalized spacial score (nSPS) is 12.8. The molecule has 4 heteroatoms. The van der Waals surface area contributed by atoms with E-state index in [-0.39, 0.29) is 6.04 Å².